The normalized spacial score (nSPS) is 26.4. The van der Waals surface area contributed by atoms with Gasteiger partial charge in [0.1, 0.15) is 6.04 Å². The summed E-state index contributed by atoms with van der Waals surface area (Å²) >= 11 is 0. The monoisotopic (exact) mass is 331 g/mol. The highest BCUT2D eigenvalue weighted by Crippen LogP contribution is 2.27. The van der Waals surface area contributed by atoms with Crippen LogP contribution >= 0.6 is 0 Å². The smallest absolute Gasteiger partial charge is 0.249 e. The van der Waals surface area contributed by atoms with Gasteiger partial charge < -0.3 is 20.7 Å². The molecule has 2 heterocycles. The van der Waals surface area contributed by atoms with Crippen molar-refractivity contribution in [3.8, 4) is 0 Å². The van der Waals surface area contributed by atoms with Crippen LogP contribution in [0, 0.1) is 5.92 Å². The second-order valence-corrected chi connectivity index (χ2v) is 6.67. The van der Waals surface area contributed by atoms with Crippen molar-refractivity contribution in [2.75, 3.05) is 18.1 Å². The first kappa shape index (κ1) is 16.9. The highest BCUT2D eigenvalue weighted by Gasteiger charge is 2.40. The highest BCUT2D eigenvalue weighted by molar-refractivity contribution is 6.02. The number of carbonyl (C=O) groups excluding carboxylic acids is 2. The van der Waals surface area contributed by atoms with Crippen LogP contribution in [0.4, 0.5) is 5.69 Å². The van der Waals surface area contributed by atoms with Crippen LogP contribution < -0.4 is 16.0 Å². The molecule has 3 atom stereocenters. The minimum atomic E-state index is -0.581. The number of nitrogens with one attached hydrogen (secondary N) is 1. The Morgan fingerprint density at radius 1 is 1.29 bits per heavy atom. The molecule has 2 aliphatic rings. The van der Waals surface area contributed by atoms with Crippen LogP contribution in [0.3, 0.4) is 0 Å². The molecule has 0 aromatic heterocycles. The molecule has 0 spiro atoms. The molecule has 2 aliphatic heterocycles. The lowest BCUT2D eigenvalue weighted by molar-refractivity contribution is -0.128. The number of nitrogens with two attached hydrogens (primary N) is 1. The first-order valence-electron chi connectivity index (χ1n) is 8.59. The Kier molecular flexibility index (Phi) is 5.16. The number of carbonyl (C=O) groups is 2. The van der Waals surface area contributed by atoms with E-state index in [1.54, 1.807) is 4.90 Å². The van der Waals surface area contributed by atoms with Crippen LogP contribution in [0.2, 0.25) is 0 Å². The van der Waals surface area contributed by atoms with E-state index in [-0.39, 0.29) is 23.8 Å². The maximum atomic E-state index is 12.7. The Morgan fingerprint density at radius 2 is 1.96 bits per heavy atom. The van der Waals surface area contributed by atoms with E-state index >= 15 is 0 Å². The van der Waals surface area contributed by atoms with Crippen LogP contribution in [-0.4, -0.2) is 43.2 Å². The summed E-state index contributed by atoms with van der Waals surface area (Å²) in [6.07, 6.45) is 2.18. The fourth-order valence-electron chi connectivity index (χ4n) is 3.58. The van der Waals surface area contributed by atoms with E-state index in [9.17, 15) is 9.59 Å². The zero-order valence-electron chi connectivity index (χ0n) is 14.0. The number of rotatable bonds is 4. The van der Waals surface area contributed by atoms with Crippen LogP contribution in [0.15, 0.2) is 30.3 Å². The fourth-order valence-corrected chi connectivity index (χ4v) is 3.58. The summed E-state index contributed by atoms with van der Waals surface area (Å²) < 4.78 is 5.31. The summed E-state index contributed by atoms with van der Waals surface area (Å²) in [7, 11) is 0. The maximum Gasteiger partial charge on any atom is 0.249 e. The van der Waals surface area contributed by atoms with Crippen LogP contribution in [0.25, 0.3) is 0 Å². The van der Waals surface area contributed by atoms with Crippen molar-refractivity contribution in [1.82, 2.24) is 5.32 Å². The number of anilines is 1. The maximum absolute atomic E-state index is 12.7. The third-order valence-corrected chi connectivity index (χ3v) is 4.98. The molecule has 0 aliphatic carbocycles. The Bertz CT molecular complexity index is 586. The quantitative estimate of drug-likeness (QED) is 0.864. The van der Waals surface area contributed by atoms with E-state index in [4.69, 9.17) is 10.5 Å². The van der Waals surface area contributed by atoms with Crippen molar-refractivity contribution in [2.45, 2.75) is 44.3 Å². The standard InChI is InChI=1S/C18H25N3O3/c1-12-11-15(18(23)21(12)14-5-3-2-4-6-14)20-17(22)16(19)13-7-9-24-10-8-13/h2-6,12-13,15-16H,7-11,19H2,1H3,(H,20,22). The number of hydrogen-bond donors (Lipinski definition) is 2. The summed E-state index contributed by atoms with van der Waals surface area (Å²) in [6, 6.07) is 8.51. The molecule has 0 bridgehead atoms. The largest absolute Gasteiger partial charge is 0.381 e. The molecule has 0 radical (unpaired) electrons. The minimum Gasteiger partial charge on any atom is -0.381 e. The topological polar surface area (TPSA) is 84.7 Å². The van der Waals surface area contributed by atoms with Crippen molar-refractivity contribution in [2.24, 2.45) is 11.7 Å². The fraction of sp³-hybridized carbons (Fsp3) is 0.556. The molecule has 0 saturated carbocycles. The van der Waals surface area contributed by atoms with Gasteiger partial charge in [-0.05, 0) is 44.2 Å². The molecule has 3 rings (SSSR count). The van der Waals surface area contributed by atoms with Gasteiger partial charge in [0.2, 0.25) is 11.8 Å². The van der Waals surface area contributed by atoms with Gasteiger partial charge in [0, 0.05) is 24.9 Å². The lowest BCUT2D eigenvalue weighted by Crippen LogP contribution is -2.51. The zero-order chi connectivity index (χ0) is 17.1. The molecule has 2 amide bonds. The van der Waals surface area contributed by atoms with Gasteiger partial charge in [-0.1, -0.05) is 18.2 Å². The van der Waals surface area contributed by atoms with E-state index in [2.05, 4.69) is 5.32 Å². The second kappa shape index (κ2) is 7.32. The Morgan fingerprint density at radius 3 is 2.62 bits per heavy atom. The molecule has 3 unspecified atom stereocenters. The van der Waals surface area contributed by atoms with E-state index in [0.717, 1.165) is 18.5 Å². The molecule has 24 heavy (non-hydrogen) atoms. The van der Waals surface area contributed by atoms with E-state index in [1.165, 1.54) is 0 Å². The van der Waals surface area contributed by atoms with Crippen molar-refractivity contribution in [3.63, 3.8) is 0 Å². The molecule has 1 aromatic carbocycles. The summed E-state index contributed by atoms with van der Waals surface area (Å²) in [6.45, 7) is 3.29. The van der Waals surface area contributed by atoms with Gasteiger partial charge in [0.05, 0.1) is 6.04 Å². The number of para-hydroxylation sites is 1. The molecule has 6 nitrogen and oxygen atoms in total. The van der Waals surface area contributed by atoms with Gasteiger partial charge in [0.15, 0.2) is 0 Å². The van der Waals surface area contributed by atoms with Crippen molar-refractivity contribution in [3.05, 3.63) is 30.3 Å². The molecule has 1 aromatic rings. The summed E-state index contributed by atoms with van der Waals surface area (Å²) in [5, 5.41) is 2.86. The highest BCUT2D eigenvalue weighted by atomic mass is 16.5. The SMILES string of the molecule is CC1CC(NC(=O)C(N)C2CCOCC2)C(=O)N1c1ccccc1. The molecular formula is C18H25N3O3. The number of benzene rings is 1. The van der Waals surface area contributed by atoms with Crippen LogP contribution in [0.5, 0.6) is 0 Å². The Balaban J connectivity index is 1.63. The lowest BCUT2D eigenvalue weighted by atomic mass is 9.91. The minimum absolute atomic E-state index is 0.0458. The Hall–Kier alpha value is -1.92. The van der Waals surface area contributed by atoms with E-state index < -0.39 is 12.1 Å². The molecule has 3 N–H and O–H groups in total. The average molecular weight is 331 g/mol. The third kappa shape index (κ3) is 3.44. The molecule has 130 valence electrons. The van der Waals surface area contributed by atoms with Gasteiger partial charge in [-0.15, -0.1) is 0 Å². The number of ether oxygens (including phenoxy) is 1. The predicted octanol–water partition coefficient (Wildman–Crippen LogP) is 1.05. The van der Waals surface area contributed by atoms with Crippen LogP contribution in [-0.2, 0) is 14.3 Å². The molecule has 2 saturated heterocycles. The second-order valence-electron chi connectivity index (χ2n) is 6.67. The lowest BCUT2D eigenvalue weighted by Gasteiger charge is -2.27. The Labute approximate surface area is 142 Å². The van der Waals surface area contributed by atoms with Gasteiger partial charge >= 0.3 is 0 Å². The molecular weight excluding hydrogens is 306 g/mol. The summed E-state index contributed by atoms with van der Waals surface area (Å²) in [5.74, 6) is -0.179. The average Bonchev–Trinajstić information content (AvgIpc) is 2.89. The van der Waals surface area contributed by atoms with Crippen molar-refractivity contribution in [1.29, 1.82) is 0 Å². The number of hydrogen-bond acceptors (Lipinski definition) is 4. The van der Waals surface area contributed by atoms with Crippen LogP contribution in [0.1, 0.15) is 26.2 Å². The van der Waals surface area contributed by atoms with E-state index in [1.807, 2.05) is 37.3 Å². The van der Waals surface area contributed by atoms with Crippen molar-refractivity contribution >= 4 is 17.5 Å². The molecule has 2 fully saturated rings. The van der Waals surface area contributed by atoms with Gasteiger partial charge in [-0.3, -0.25) is 9.59 Å². The van der Waals surface area contributed by atoms with Gasteiger partial charge in [-0.2, -0.15) is 0 Å². The number of nitrogens with zero attached hydrogens (tertiary/aromatic N) is 1. The first-order chi connectivity index (χ1) is 11.6. The third-order valence-electron chi connectivity index (χ3n) is 4.98. The van der Waals surface area contributed by atoms with Gasteiger partial charge in [0.25, 0.3) is 0 Å². The van der Waals surface area contributed by atoms with Crippen molar-refractivity contribution < 1.29 is 14.3 Å². The first-order valence-corrected chi connectivity index (χ1v) is 8.59. The van der Waals surface area contributed by atoms with E-state index in [0.29, 0.717) is 19.6 Å². The number of amides is 2. The summed E-state index contributed by atoms with van der Waals surface area (Å²) in [4.78, 5) is 26.9. The molecule has 6 heteroatoms. The van der Waals surface area contributed by atoms with Gasteiger partial charge in [-0.25, -0.2) is 0 Å². The summed E-state index contributed by atoms with van der Waals surface area (Å²) in [5.41, 5.74) is 6.96. The predicted molar refractivity (Wildman–Crippen MR) is 91.5 cm³/mol. The zero-order valence-corrected chi connectivity index (χ0v) is 14.0.